The van der Waals surface area contributed by atoms with Crippen molar-refractivity contribution in [3.05, 3.63) is 48.5 Å². The van der Waals surface area contributed by atoms with Gasteiger partial charge in [-0.25, -0.2) is 19.6 Å². The number of carbonyl (C=O) groups excluding carboxylic acids is 1. The van der Waals surface area contributed by atoms with E-state index in [4.69, 9.17) is 19.6 Å². The molecule has 0 bridgehead atoms. The molecule has 1 fully saturated rings. The van der Waals surface area contributed by atoms with Crippen molar-refractivity contribution in [2.24, 2.45) is 0 Å². The van der Waals surface area contributed by atoms with Crippen LogP contribution in [-0.4, -0.2) is 75.4 Å². The van der Waals surface area contributed by atoms with Crippen LogP contribution in [-0.2, 0) is 18.2 Å². The first-order valence-corrected chi connectivity index (χ1v) is 19.7. The van der Waals surface area contributed by atoms with Gasteiger partial charge < -0.3 is 23.5 Å². The highest BCUT2D eigenvalue weighted by Gasteiger charge is 2.52. The van der Waals surface area contributed by atoms with Crippen LogP contribution in [0.3, 0.4) is 0 Å². The quantitative estimate of drug-likeness (QED) is 0.114. The van der Waals surface area contributed by atoms with Crippen molar-refractivity contribution in [3.63, 3.8) is 0 Å². The summed E-state index contributed by atoms with van der Waals surface area (Å²) in [4.78, 5) is 26.4. The van der Waals surface area contributed by atoms with Crippen molar-refractivity contribution >= 4 is 39.7 Å². The summed E-state index contributed by atoms with van der Waals surface area (Å²) in [7, 11) is -4.08. The lowest BCUT2D eigenvalue weighted by Crippen LogP contribution is -2.49. The first-order chi connectivity index (χ1) is 22.2. The average molecular weight is 671 g/mol. The Labute approximate surface area is 276 Å². The maximum absolute atomic E-state index is 13.0. The van der Waals surface area contributed by atoms with Crippen molar-refractivity contribution in [1.29, 1.82) is 5.26 Å². The molecular weight excluding hydrogens is 621 g/mol. The monoisotopic (exact) mass is 670 g/mol. The van der Waals surface area contributed by atoms with Gasteiger partial charge in [-0.1, -0.05) is 39.0 Å². The molecule has 14 heteroatoms. The Hall–Kier alpha value is -2.82. The molecule has 3 aromatic rings. The van der Waals surface area contributed by atoms with Crippen molar-refractivity contribution in [2.75, 3.05) is 11.9 Å². The maximum Gasteiger partial charge on any atom is 0.259 e. The van der Waals surface area contributed by atoms with Crippen LogP contribution in [0.4, 0.5) is 5.82 Å². The third-order valence-corrected chi connectivity index (χ3v) is 14.9. The Kier molecular flexibility index (Phi) is 11.2. The number of ether oxygens (including phenoxy) is 1. The number of hydrogen-bond donors (Lipinski definition) is 1. The zero-order chi connectivity index (χ0) is 34.5. The third-order valence-electron chi connectivity index (χ3n) is 8.30. The minimum atomic E-state index is -2.43. The lowest BCUT2D eigenvalue weighted by molar-refractivity contribution is -0.0260. The van der Waals surface area contributed by atoms with E-state index in [9.17, 15) is 10.1 Å². The van der Waals surface area contributed by atoms with Gasteiger partial charge in [0, 0.05) is 19.0 Å². The molecular formula is C32H48N7O5PSi. The van der Waals surface area contributed by atoms with Gasteiger partial charge in [-0.2, -0.15) is 5.26 Å². The zero-order valence-corrected chi connectivity index (χ0v) is 30.2. The number of benzene rings is 1. The second-order valence-electron chi connectivity index (χ2n) is 13.4. The van der Waals surface area contributed by atoms with Gasteiger partial charge in [0.05, 0.1) is 31.5 Å². The van der Waals surface area contributed by atoms with Gasteiger partial charge in [-0.15, -0.1) is 0 Å². The van der Waals surface area contributed by atoms with Crippen LogP contribution < -0.4 is 5.32 Å². The molecule has 12 nitrogen and oxygen atoms in total. The van der Waals surface area contributed by atoms with Crippen LogP contribution >= 0.6 is 8.53 Å². The molecule has 1 aliphatic rings. The summed E-state index contributed by atoms with van der Waals surface area (Å²) in [6.07, 6.45) is 0.492. The molecule has 0 aliphatic carbocycles. The number of fused-ring (bicyclic) bond motifs is 1. The highest BCUT2D eigenvalue weighted by Crippen LogP contribution is 2.52. The molecule has 2 aromatic heterocycles. The topological polar surface area (TPSA) is 137 Å². The third kappa shape index (κ3) is 8.00. The number of rotatable bonds is 13. The molecule has 46 heavy (non-hydrogen) atoms. The van der Waals surface area contributed by atoms with E-state index >= 15 is 0 Å². The van der Waals surface area contributed by atoms with Crippen molar-refractivity contribution in [1.82, 2.24) is 24.2 Å². The summed E-state index contributed by atoms with van der Waals surface area (Å²) >= 11 is 0. The lowest BCUT2D eigenvalue weighted by Gasteiger charge is -2.42. The summed E-state index contributed by atoms with van der Waals surface area (Å²) in [5.41, 5.74) is 1.33. The highest BCUT2D eigenvalue weighted by molar-refractivity contribution is 7.44. The van der Waals surface area contributed by atoms with E-state index < -0.39 is 41.4 Å². The molecule has 2 unspecified atom stereocenters. The van der Waals surface area contributed by atoms with E-state index in [1.165, 1.54) is 6.33 Å². The van der Waals surface area contributed by atoms with Crippen molar-refractivity contribution in [2.45, 2.75) is 117 Å². The molecule has 1 saturated heterocycles. The van der Waals surface area contributed by atoms with E-state index in [0.717, 1.165) is 0 Å². The second kappa shape index (κ2) is 14.9. The van der Waals surface area contributed by atoms with Gasteiger partial charge in [0.2, 0.25) is 0 Å². The minimum Gasteiger partial charge on any atom is -0.407 e. The summed E-state index contributed by atoms with van der Waals surface area (Å²) in [6.45, 7) is 19.3. The van der Waals surface area contributed by atoms with Gasteiger partial charge in [-0.05, 0) is 64.9 Å². The smallest absolute Gasteiger partial charge is 0.259 e. The van der Waals surface area contributed by atoms with Crippen LogP contribution in [0.1, 0.15) is 79.7 Å². The van der Waals surface area contributed by atoms with Crippen molar-refractivity contribution in [3.8, 4) is 6.07 Å². The average Bonchev–Trinajstić information content (AvgIpc) is 3.58. The molecule has 1 amide bonds. The number of nitrogens with one attached hydrogen (secondary N) is 1. The Morgan fingerprint density at radius 3 is 2.48 bits per heavy atom. The Bertz CT molecular complexity index is 1520. The van der Waals surface area contributed by atoms with E-state index in [-0.39, 0.29) is 48.8 Å². The number of aromatic nitrogens is 4. The predicted molar refractivity (Wildman–Crippen MR) is 181 cm³/mol. The maximum atomic E-state index is 13.0. The number of hydrogen-bond acceptors (Lipinski definition) is 10. The number of imidazole rings is 1. The van der Waals surface area contributed by atoms with Crippen LogP contribution in [0, 0.1) is 11.3 Å². The molecule has 0 saturated carbocycles. The Morgan fingerprint density at radius 2 is 1.87 bits per heavy atom. The highest BCUT2D eigenvalue weighted by atomic mass is 31.2. The fourth-order valence-electron chi connectivity index (χ4n) is 5.00. The molecule has 1 N–H and O–H groups in total. The van der Waals surface area contributed by atoms with Crippen molar-refractivity contribution < 1.29 is 24.4 Å². The molecule has 3 heterocycles. The van der Waals surface area contributed by atoms with E-state index in [0.29, 0.717) is 16.7 Å². The molecule has 1 aromatic carbocycles. The molecule has 5 atom stereocenters. The van der Waals surface area contributed by atoms with E-state index in [2.05, 4.69) is 92.6 Å². The number of nitrogens with zero attached hydrogens (tertiary/aromatic N) is 6. The van der Waals surface area contributed by atoms with Crippen LogP contribution in [0.2, 0.25) is 18.1 Å². The number of nitriles is 1. The normalized spacial score (nSPS) is 21.6. The summed E-state index contributed by atoms with van der Waals surface area (Å²) in [6, 6.07) is 11.2. The van der Waals surface area contributed by atoms with Gasteiger partial charge in [0.15, 0.2) is 31.5 Å². The minimum absolute atomic E-state index is 0.0801. The molecule has 250 valence electrons. The van der Waals surface area contributed by atoms with Gasteiger partial charge >= 0.3 is 0 Å². The van der Waals surface area contributed by atoms with Gasteiger partial charge in [-0.3, -0.25) is 9.36 Å². The Morgan fingerprint density at radius 1 is 1.17 bits per heavy atom. The molecule has 0 radical (unpaired) electrons. The molecule has 0 spiro atoms. The fraction of sp³-hybridized carbons (Fsp3) is 0.594. The second-order valence-corrected chi connectivity index (χ2v) is 19.6. The zero-order valence-electron chi connectivity index (χ0n) is 29.3. The molecule has 1 aliphatic heterocycles. The van der Waals surface area contributed by atoms with E-state index in [1.807, 2.05) is 6.07 Å². The number of amides is 1. The summed E-state index contributed by atoms with van der Waals surface area (Å²) in [5, 5.41) is 11.9. The first-order valence-electron chi connectivity index (χ1n) is 16.3. The summed E-state index contributed by atoms with van der Waals surface area (Å²) < 4.78 is 39.3. The standard InChI is InChI=1S/C32H48N7O5PSi/c1-21(2)39(22(3)4)45(41-18-14-17-33)43-26-23(5)42-31(27(26)44-46(9,10)32(6,7)8)38-20-36-25-28(34-19-35-29(25)38)37-30(40)24-15-12-11-13-16-24/h11-13,15-16,19-23,26-27,31H,14,18H2,1-10H3,(H,34,35,37,40)/t23-,26?,27+,31-,45?/m1/s1/i5D. The Balaban J connectivity index is 1.76. The number of carbonyl (C=O) groups is 1. The van der Waals surface area contributed by atoms with E-state index in [1.54, 1.807) is 35.2 Å². The molecule has 4 rings (SSSR count). The van der Waals surface area contributed by atoms with Crippen LogP contribution in [0.25, 0.3) is 11.2 Å². The summed E-state index contributed by atoms with van der Waals surface area (Å²) in [5.74, 6) is -0.0463. The van der Waals surface area contributed by atoms with Crippen LogP contribution in [0.15, 0.2) is 43.0 Å². The first kappa shape index (κ1) is 34.5. The fourth-order valence-corrected chi connectivity index (χ4v) is 8.05. The van der Waals surface area contributed by atoms with Gasteiger partial charge in [0.25, 0.3) is 14.4 Å². The SMILES string of the molecule is [2H]C[C@H]1O[C@@H](n2cnc3c(NC(=O)c4ccccc4)ncnc32)[C@@H](O[Si](C)(C)C(C)(C)C)C1OP(OCCC#N)N(C(C)C)C(C)C. The van der Waals surface area contributed by atoms with Gasteiger partial charge in [0.1, 0.15) is 18.5 Å². The largest absolute Gasteiger partial charge is 0.407 e. The number of anilines is 1. The predicted octanol–water partition coefficient (Wildman–Crippen LogP) is 7.05. The lowest BCUT2D eigenvalue weighted by atomic mass is 10.1. The van der Waals surface area contributed by atoms with Crippen LogP contribution in [0.5, 0.6) is 0 Å².